The summed E-state index contributed by atoms with van der Waals surface area (Å²) in [5.41, 5.74) is 15.7. The average Bonchev–Trinajstić information content (AvgIpc) is 3.16. The minimum atomic E-state index is -0.212. The Labute approximate surface area is 163 Å². The predicted octanol–water partition coefficient (Wildman–Crippen LogP) is 3.89. The van der Waals surface area contributed by atoms with Gasteiger partial charge in [0.2, 0.25) is 0 Å². The lowest BCUT2D eigenvalue weighted by molar-refractivity contribution is 0.0860. The van der Waals surface area contributed by atoms with Gasteiger partial charge in [0, 0.05) is 18.4 Å². The maximum Gasteiger partial charge on any atom is 0.161 e. The van der Waals surface area contributed by atoms with Gasteiger partial charge in [0.15, 0.2) is 6.10 Å². The Bertz CT molecular complexity index is 972. The molecule has 0 aliphatic carbocycles. The highest BCUT2D eigenvalue weighted by atomic mass is 16.6. The molecule has 1 aromatic heterocycles. The van der Waals surface area contributed by atoms with Gasteiger partial charge in [0.05, 0.1) is 5.71 Å². The third-order valence-corrected chi connectivity index (χ3v) is 4.64. The molecule has 1 unspecified atom stereocenters. The predicted molar refractivity (Wildman–Crippen MR) is 110 cm³/mol. The Kier molecular flexibility index (Phi) is 5.10. The van der Waals surface area contributed by atoms with Gasteiger partial charge in [-0.25, -0.2) is 4.98 Å². The van der Waals surface area contributed by atoms with Crippen molar-refractivity contribution in [1.82, 2.24) is 4.98 Å². The normalized spacial score (nSPS) is 15.7. The van der Waals surface area contributed by atoms with Gasteiger partial charge >= 0.3 is 0 Å². The number of anilines is 2. The van der Waals surface area contributed by atoms with Gasteiger partial charge in [-0.2, -0.15) is 0 Å². The smallest absolute Gasteiger partial charge is 0.161 e. The zero-order chi connectivity index (χ0) is 19.3. The van der Waals surface area contributed by atoms with E-state index in [0.717, 1.165) is 34.6 Å². The maximum absolute atomic E-state index is 5.95. The molecule has 2 aromatic carbocycles. The minimum absolute atomic E-state index is 0.212. The van der Waals surface area contributed by atoms with Crippen molar-refractivity contribution in [3.63, 3.8) is 0 Å². The molecule has 4 rings (SSSR count). The molecule has 0 amide bonds. The first-order chi connectivity index (χ1) is 13.7. The van der Waals surface area contributed by atoms with E-state index in [9.17, 15) is 0 Å². The molecule has 0 spiro atoms. The van der Waals surface area contributed by atoms with Gasteiger partial charge in [-0.05, 0) is 35.4 Å². The van der Waals surface area contributed by atoms with Crippen molar-refractivity contribution < 1.29 is 9.57 Å². The van der Waals surface area contributed by atoms with Crippen LogP contribution in [-0.2, 0) is 17.9 Å². The van der Waals surface area contributed by atoms with E-state index >= 15 is 0 Å². The molecule has 4 N–H and O–H groups in total. The number of ether oxygens (including phenoxy) is 1. The van der Waals surface area contributed by atoms with Gasteiger partial charge in [-0.15, -0.1) is 0 Å². The summed E-state index contributed by atoms with van der Waals surface area (Å²) in [4.78, 5) is 9.65. The van der Waals surface area contributed by atoms with Crippen LogP contribution in [-0.4, -0.2) is 10.7 Å². The third kappa shape index (κ3) is 4.23. The zero-order valence-electron chi connectivity index (χ0n) is 15.4. The molecular weight excluding hydrogens is 352 g/mol. The number of benzene rings is 2. The SMILES string of the molecule is Nc1ccc(C2CC(Cc3ccc(OCc4ccccc4)cc3)=NO2)c(N)n1. The van der Waals surface area contributed by atoms with Crippen molar-refractivity contribution in [1.29, 1.82) is 0 Å². The topological polar surface area (TPSA) is 95.8 Å². The lowest BCUT2D eigenvalue weighted by Gasteiger charge is -2.11. The van der Waals surface area contributed by atoms with Crippen LogP contribution in [0.25, 0.3) is 0 Å². The molecule has 0 bridgehead atoms. The number of pyridine rings is 1. The molecule has 1 atom stereocenters. The summed E-state index contributed by atoms with van der Waals surface area (Å²) < 4.78 is 5.83. The number of nitrogens with two attached hydrogens (primary N) is 2. The molecule has 0 radical (unpaired) electrons. The summed E-state index contributed by atoms with van der Waals surface area (Å²) in [5.74, 6) is 1.63. The maximum atomic E-state index is 5.95. The van der Waals surface area contributed by atoms with Crippen molar-refractivity contribution in [3.05, 3.63) is 83.4 Å². The number of hydrogen-bond acceptors (Lipinski definition) is 6. The molecule has 3 aromatic rings. The first kappa shape index (κ1) is 17.9. The number of rotatable bonds is 6. The highest BCUT2D eigenvalue weighted by Gasteiger charge is 2.25. The largest absolute Gasteiger partial charge is 0.489 e. The molecule has 28 heavy (non-hydrogen) atoms. The van der Waals surface area contributed by atoms with Crippen LogP contribution in [0.3, 0.4) is 0 Å². The van der Waals surface area contributed by atoms with E-state index in [2.05, 4.69) is 22.3 Å². The van der Waals surface area contributed by atoms with Crippen molar-refractivity contribution in [2.75, 3.05) is 11.5 Å². The van der Waals surface area contributed by atoms with Gasteiger partial charge in [0.1, 0.15) is 24.0 Å². The number of nitrogen functional groups attached to an aromatic ring is 2. The van der Waals surface area contributed by atoms with Crippen LogP contribution in [0.4, 0.5) is 11.6 Å². The summed E-state index contributed by atoms with van der Waals surface area (Å²) in [6.07, 6.45) is 1.19. The molecule has 1 aliphatic heterocycles. The van der Waals surface area contributed by atoms with Crippen LogP contribution in [0.1, 0.15) is 29.2 Å². The number of hydrogen-bond donors (Lipinski definition) is 2. The summed E-state index contributed by atoms with van der Waals surface area (Å²) in [6, 6.07) is 21.7. The fourth-order valence-electron chi connectivity index (χ4n) is 3.15. The average molecular weight is 374 g/mol. The Hall–Kier alpha value is -3.54. The second kappa shape index (κ2) is 8.00. The van der Waals surface area contributed by atoms with E-state index in [1.54, 1.807) is 6.07 Å². The third-order valence-electron chi connectivity index (χ3n) is 4.64. The molecular formula is C22H22N4O2. The van der Waals surface area contributed by atoms with E-state index in [0.29, 0.717) is 24.7 Å². The molecule has 0 saturated heterocycles. The fourth-order valence-corrected chi connectivity index (χ4v) is 3.15. The molecule has 1 aliphatic rings. The lowest BCUT2D eigenvalue weighted by atomic mass is 10.0. The quantitative estimate of drug-likeness (QED) is 0.682. The molecule has 2 heterocycles. The molecule has 142 valence electrons. The summed E-state index contributed by atoms with van der Waals surface area (Å²) >= 11 is 0. The summed E-state index contributed by atoms with van der Waals surface area (Å²) in [7, 11) is 0. The second-order valence-electron chi connectivity index (χ2n) is 6.76. The molecule has 0 fully saturated rings. The van der Waals surface area contributed by atoms with Crippen molar-refractivity contribution >= 4 is 17.3 Å². The Morgan fingerprint density at radius 3 is 2.46 bits per heavy atom. The van der Waals surface area contributed by atoms with E-state index in [1.807, 2.05) is 48.5 Å². The Morgan fingerprint density at radius 2 is 1.71 bits per heavy atom. The summed E-state index contributed by atoms with van der Waals surface area (Å²) in [6.45, 7) is 0.555. The van der Waals surface area contributed by atoms with E-state index < -0.39 is 0 Å². The monoisotopic (exact) mass is 374 g/mol. The molecule has 6 nitrogen and oxygen atoms in total. The van der Waals surface area contributed by atoms with Gasteiger partial charge < -0.3 is 21.0 Å². The Morgan fingerprint density at radius 1 is 0.929 bits per heavy atom. The second-order valence-corrected chi connectivity index (χ2v) is 6.76. The molecule has 6 heteroatoms. The van der Waals surface area contributed by atoms with Crippen LogP contribution >= 0.6 is 0 Å². The minimum Gasteiger partial charge on any atom is -0.489 e. The van der Waals surface area contributed by atoms with Crippen molar-refractivity contribution in [3.8, 4) is 5.75 Å². The van der Waals surface area contributed by atoms with Crippen LogP contribution < -0.4 is 16.2 Å². The highest BCUT2D eigenvalue weighted by molar-refractivity contribution is 5.87. The lowest BCUT2D eigenvalue weighted by Crippen LogP contribution is -2.07. The van der Waals surface area contributed by atoms with Gasteiger partial charge in [-0.1, -0.05) is 47.6 Å². The number of nitrogens with zero attached hydrogens (tertiary/aromatic N) is 2. The first-order valence-electron chi connectivity index (χ1n) is 9.16. The van der Waals surface area contributed by atoms with Crippen LogP contribution in [0.5, 0.6) is 5.75 Å². The number of oxime groups is 1. The van der Waals surface area contributed by atoms with Gasteiger partial charge in [0.25, 0.3) is 0 Å². The van der Waals surface area contributed by atoms with Crippen LogP contribution in [0.2, 0.25) is 0 Å². The number of aromatic nitrogens is 1. The van der Waals surface area contributed by atoms with Crippen molar-refractivity contribution in [2.24, 2.45) is 5.16 Å². The van der Waals surface area contributed by atoms with Crippen molar-refractivity contribution in [2.45, 2.75) is 25.6 Å². The van der Waals surface area contributed by atoms with E-state index in [4.69, 9.17) is 21.0 Å². The standard InChI is InChI=1S/C22H22N4O2/c23-21-11-10-19(22(24)25-21)20-13-17(26-28-20)12-15-6-8-18(9-7-15)27-14-16-4-2-1-3-5-16/h1-11,20H,12-14H2,(H4,23,24,25). The summed E-state index contributed by atoms with van der Waals surface area (Å²) in [5, 5.41) is 4.22. The zero-order valence-corrected chi connectivity index (χ0v) is 15.4. The van der Waals surface area contributed by atoms with Crippen LogP contribution in [0.15, 0.2) is 71.9 Å². The van der Waals surface area contributed by atoms with Gasteiger partial charge in [-0.3, -0.25) is 0 Å². The first-order valence-corrected chi connectivity index (χ1v) is 9.16. The fraction of sp³-hybridized carbons (Fsp3) is 0.182. The van der Waals surface area contributed by atoms with E-state index in [-0.39, 0.29) is 6.10 Å². The van der Waals surface area contributed by atoms with E-state index in [1.165, 1.54) is 0 Å². The Balaban J connectivity index is 1.32. The molecule has 0 saturated carbocycles. The highest BCUT2D eigenvalue weighted by Crippen LogP contribution is 2.31. The van der Waals surface area contributed by atoms with Crippen LogP contribution in [0, 0.1) is 0 Å².